The number of aromatic nitrogens is 1. The summed E-state index contributed by atoms with van der Waals surface area (Å²) in [5.41, 5.74) is 6.26. The Morgan fingerprint density at radius 3 is 2.82 bits per heavy atom. The van der Waals surface area contributed by atoms with Gasteiger partial charge in [-0.25, -0.2) is 0 Å². The molecule has 0 fully saturated rings. The summed E-state index contributed by atoms with van der Waals surface area (Å²) in [5.74, 6) is 1.13. The van der Waals surface area contributed by atoms with E-state index in [0.29, 0.717) is 22.1 Å². The highest BCUT2D eigenvalue weighted by Gasteiger charge is 2.08. The Balaban J connectivity index is 2.37. The minimum Gasteiger partial charge on any atom is -0.455 e. The van der Waals surface area contributed by atoms with E-state index in [-0.39, 0.29) is 4.99 Å². The molecule has 0 saturated heterocycles. The van der Waals surface area contributed by atoms with Crippen molar-refractivity contribution in [2.45, 2.75) is 0 Å². The Labute approximate surface area is 109 Å². The Bertz CT molecular complexity index is 545. The third-order valence-corrected chi connectivity index (χ3v) is 2.53. The number of nitrogens with two attached hydrogens (primary N) is 1. The molecule has 0 aliphatic rings. The lowest BCUT2D eigenvalue weighted by Gasteiger charge is -2.10. The Morgan fingerprint density at radius 1 is 1.35 bits per heavy atom. The number of nitrogens with zero attached hydrogens (tertiary/aromatic N) is 1. The number of benzene rings is 1. The number of hydrogen-bond donors (Lipinski definition) is 1. The van der Waals surface area contributed by atoms with Crippen molar-refractivity contribution in [2.24, 2.45) is 5.73 Å². The SMILES string of the molecule is NC(=S)c1ccc(Cl)cc1Oc1cccnc1. The molecule has 0 saturated carbocycles. The number of thiocarbonyl (C=S) groups is 1. The second kappa shape index (κ2) is 5.12. The van der Waals surface area contributed by atoms with Crippen LogP contribution in [-0.2, 0) is 0 Å². The highest BCUT2D eigenvalue weighted by Crippen LogP contribution is 2.27. The molecule has 5 heteroatoms. The molecule has 0 spiro atoms. The Hall–Kier alpha value is -1.65. The van der Waals surface area contributed by atoms with Gasteiger partial charge in [0.25, 0.3) is 0 Å². The maximum absolute atomic E-state index is 5.91. The van der Waals surface area contributed by atoms with E-state index in [2.05, 4.69) is 4.98 Å². The zero-order valence-electron chi connectivity index (χ0n) is 8.76. The summed E-state index contributed by atoms with van der Waals surface area (Å²) in [5, 5.41) is 0.559. The average Bonchev–Trinajstić information content (AvgIpc) is 2.30. The van der Waals surface area contributed by atoms with E-state index in [9.17, 15) is 0 Å². The lowest BCUT2D eigenvalue weighted by molar-refractivity contribution is 0.479. The molecule has 17 heavy (non-hydrogen) atoms. The van der Waals surface area contributed by atoms with Crippen LogP contribution < -0.4 is 10.5 Å². The second-order valence-corrected chi connectivity index (χ2v) is 4.17. The van der Waals surface area contributed by atoms with E-state index >= 15 is 0 Å². The molecule has 2 aromatic rings. The topological polar surface area (TPSA) is 48.1 Å². The van der Waals surface area contributed by atoms with Gasteiger partial charge in [0.15, 0.2) is 0 Å². The summed E-state index contributed by atoms with van der Waals surface area (Å²) in [6, 6.07) is 8.68. The van der Waals surface area contributed by atoms with Crippen molar-refractivity contribution in [3.63, 3.8) is 0 Å². The van der Waals surface area contributed by atoms with Crippen LogP contribution in [-0.4, -0.2) is 9.97 Å². The van der Waals surface area contributed by atoms with Gasteiger partial charge in [0, 0.05) is 17.3 Å². The largest absolute Gasteiger partial charge is 0.455 e. The first kappa shape index (κ1) is 11.8. The van der Waals surface area contributed by atoms with Gasteiger partial charge in [-0.3, -0.25) is 4.98 Å². The molecule has 86 valence electrons. The van der Waals surface area contributed by atoms with Crippen molar-refractivity contribution in [3.8, 4) is 11.5 Å². The van der Waals surface area contributed by atoms with E-state index in [1.165, 1.54) is 0 Å². The quantitative estimate of drug-likeness (QED) is 0.865. The van der Waals surface area contributed by atoms with Crippen molar-refractivity contribution in [2.75, 3.05) is 0 Å². The molecular weight excluding hydrogens is 256 g/mol. The molecule has 1 aromatic carbocycles. The molecule has 2 N–H and O–H groups in total. The van der Waals surface area contributed by atoms with Gasteiger partial charge in [0.1, 0.15) is 16.5 Å². The van der Waals surface area contributed by atoms with Crippen LogP contribution in [0.15, 0.2) is 42.7 Å². The first-order valence-electron chi connectivity index (χ1n) is 4.84. The van der Waals surface area contributed by atoms with Crippen LogP contribution in [0.25, 0.3) is 0 Å². The third-order valence-electron chi connectivity index (χ3n) is 2.07. The molecule has 1 heterocycles. The van der Waals surface area contributed by atoms with Crippen LogP contribution in [0.5, 0.6) is 11.5 Å². The van der Waals surface area contributed by atoms with Crippen molar-refractivity contribution in [1.29, 1.82) is 0 Å². The number of hydrogen-bond acceptors (Lipinski definition) is 3. The highest BCUT2D eigenvalue weighted by atomic mass is 35.5. The van der Waals surface area contributed by atoms with E-state index in [1.54, 1.807) is 42.7 Å². The fourth-order valence-electron chi connectivity index (χ4n) is 1.32. The minimum atomic E-state index is 0.264. The summed E-state index contributed by atoms with van der Waals surface area (Å²) in [6.45, 7) is 0. The number of ether oxygens (including phenoxy) is 1. The van der Waals surface area contributed by atoms with E-state index in [1.807, 2.05) is 0 Å². The van der Waals surface area contributed by atoms with Crippen LogP contribution in [0.2, 0.25) is 5.02 Å². The summed E-state index contributed by atoms with van der Waals surface area (Å²) >= 11 is 10.9. The maximum atomic E-state index is 5.91. The Morgan fingerprint density at radius 2 is 2.18 bits per heavy atom. The third kappa shape index (κ3) is 2.93. The van der Waals surface area contributed by atoms with Gasteiger partial charge in [-0.05, 0) is 24.3 Å². The zero-order valence-corrected chi connectivity index (χ0v) is 10.3. The van der Waals surface area contributed by atoms with Crippen LogP contribution in [0, 0.1) is 0 Å². The smallest absolute Gasteiger partial charge is 0.145 e. The molecule has 2 rings (SSSR count). The number of rotatable bonds is 3. The van der Waals surface area contributed by atoms with Gasteiger partial charge in [-0.15, -0.1) is 0 Å². The molecule has 3 nitrogen and oxygen atoms in total. The van der Waals surface area contributed by atoms with Gasteiger partial charge in [-0.2, -0.15) is 0 Å². The fraction of sp³-hybridized carbons (Fsp3) is 0. The summed E-state index contributed by atoms with van der Waals surface area (Å²) in [4.78, 5) is 4.22. The lowest BCUT2D eigenvalue weighted by Crippen LogP contribution is -2.10. The van der Waals surface area contributed by atoms with Crippen LogP contribution >= 0.6 is 23.8 Å². The van der Waals surface area contributed by atoms with Gasteiger partial charge in [0.2, 0.25) is 0 Å². The lowest BCUT2D eigenvalue weighted by atomic mass is 10.2. The predicted molar refractivity (Wildman–Crippen MR) is 71.7 cm³/mol. The molecule has 0 bridgehead atoms. The van der Waals surface area contributed by atoms with Crippen molar-refractivity contribution >= 4 is 28.8 Å². The molecule has 0 unspecified atom stereocenters. The van der Waals surface area contributed by atoms with Gasteiger partial charge >= 0.3 is 0 Å². The van der Waals surface area contributed by atoms with E-state index in [4.69, 9.17) is 34.3 Å². The number of pyridine rings is 1. The fourth-order valence-corrected chi connectivity index (χ4v) is 1.65. The molecule has 1 aromatic heterocycles. The van der Waals surface area contributed by atoms with Gasteiger partial charge in [0.05, 0.1) is 11.8 Å². The molecule has 0 radical (unpaired) electrons. The van der Waals surface area contributed by atoms with Crippen LogP contribution in [0.1, 0.15) is 5.56 Å². The Kier molecular flexibility index (Phi) is 3.56. The van der Waals surface area contributed by atoms with Gasteiger partial charge < -0.3 is 10.5 Å². The molecular formula is C12H9ClN2OS. The second-order valence-electron chi connectivity index (χ2n) is 3.30. The summed E-state index contributed by atoms with van der Waals surface area (Å²) < 4.78 is 5.64. The molecule has 0 amide bonds. The van der Waals surface area contributed by atoms with Crippen LogP contribution in [0.4, 0.5) is 0 Å². The first-order chi connectivity index (χ1) is 8.16. The van der Waals surface area contributed by atoms with E-state index < -0.39 is 0 Å². The molecule has 0 aliphatic heterocycles. The standard InChI is InChI=1S/C12H9ClN2OS/c13-8-3-4-10(12(14)17)11(6-8)16-9-2-1-5-15-7-9/h1-7H,(H2,14,17). The first-order valence-corrected chi connectivity index (χ1v) is 5.62. The van der Waals surface area contributed by atoms with Crippen molar-refractivity contribution in [3.05, 3.63) is 53.3 Å². The van der Waals surface area contributed by atoms with Crippen molar-refractivity contribution in [1.82, 2.24) is 4.98 Å². The zero-order chi connectivity index (χ0) is 12.3. The highest BCUT2D eigenvalue weighted by molar-refractivity contribution is 7.80. The van der Waals surface area contributed by atoms with Crippen LogP contribution in [0.3, 0.4) is 0 Å². The summed E-state index contributed by atoms with van der Waals surface area (Å²) in [6.07, 6.45) is 3.27. The maximum Gasteiger partial charge on any atom is 0.145 e. The monoisotopic (exact) mass is 264 g/mol. The molecule has 0 atom stereocenters. The predicted octanol–water partition coefficient (Wildman–Crippen LogP) is 3.16. The van der Waals surface area contributed by atoms with Gasteiger partial charge in [-0.1, -0.05) is 23.8 Å². The summed E-state index contributed by atoms with van der Waals surface area (Å²) in [7, 11) is 0. The van der Waals surface area contributed by atoms with Crippen molar-refractivity contribution < 1.29 is 4.74 Å². The normalized spacial score (nSPS) is 9.94. The number of halogens is 1. The molecule has 0 aliphatic carbocycles. The van der Waals surface area contributed by atoms with E-state index in [0.717, 1.165) is 0 Å². The average molecular weight is 265 g/mol. The minimum absolute atomic E-state index is 0.264.